The van der Waals surface area contributed by atoms with Crippen molar-refractivity contribution in [3.63, 3.8) is 0 Å². The summed E-state index contributed by atoms with van der Waals surface area (Å²) in [5.74, 6) is 2.84. The van der Waals surface area contributed by atoms with E-state index in [4.69, 9.17) is 12.2 Å². The molecule has 0 N–H and O–H groups in total. The summed E-state index contributed by atoms with van der Waals surface area (Å²) in [5, 5.41) is 9.45. The molecule has 0 aromatic carbocycles. The zero-order valence-electron chi connectivity index (χ0n) is 11.3. The molecule has 1 unspecified atom stereocenters. The summed E-state index contributed by atoms with van der Waals surface area (Å²) in [6.07, 6.45) is 10.6. The minimum atomic E-state index is 0.200. The molecule has 1 heterocycles. The van der Waals surface area contributed by atoms with E-state index < -0.39 is 0 Å². The normalized spacial score (nSPS) is 47.2. The van der Waals surface area contributed by atoms with Gasteiger partial charge in [-0.15, -0.1) is 11.7 Å². The minimum Gasteiger partial charge on any atom is -0.318 e. The molecule has 5 aliphatic rings. The second-order valence-corrected chi connectivity index (χ2v) is 7.46. The van der Waals surface area contributed by atoms with Gasteiger partial charge in [-0.05, 0) is 68.5 Å². The Morgan fingerprint density at radius 2 is 1.79 bits per heavy atom. The van der Waals surface area contributed by atoms with Crippen molar-refractivity contribution >= 4 is 17.3 Å². The third-order valence-electron chi connectivity index (χ3n) is 5.75. The Kier molecular flexibility index (Phi) is 2.60. The first-order chi connectivity index (χ1) is 9.20. The van der Waals surface area contributed by atoms with Crippen molar-refractivity contribution in [1.29, 1.82) is 0 Å². The van der Waals surface area contributed by atoms with Crippen molar-refractivity contribution in [1.82, 2.24) is 4.90 Å². The summed E-state index contributed by atoms with van der Waals surface area (Å²) in [5.41, 5.74) is 0.363. The number of nitrogens with zero attached hydrogens (tertiary/aromatic N) is 3. The van der Waals surface area contributed by atoms with Gasteiger partial charge in [-0.1, -0.05) is 6.08 Å². The lowest BCUT2D eigenvalue weighted by molar-refractivity contribution is -0.0850. The van der Waals surface area contributed by atoms with Gasteiger partial charge in [0, 0.05) is 12.0 Å². The molecule has 5 rings (SSSR count). The maximum atomic E-state index is 5.36. The Hall–Kier alpha value is -0.770. The lowest BCUT2D eigenvalue weighted by atomic mass is 9.48. The van der Waals surface area contributed by atoms with Gasteiger partial charge in [0.05, 0.1) is 0 Å². The largest absolute Gasteiger partial charge is 0.318 e. The predicted molar refractivity (Wildman–Crippen MR) is 78.8 cm³/mol. The lowest BCUT2D eigenvalue weighted by Gasteiger charge is -2.58. The molecule has 0 saturated heterocycles. The molecule has 0 amide bonds. The molecule has 0 radical (unpaired) electrons. The molecule has 4 bridgehead atoms. The van der Waals surface area contributed by atoms with Gasteiger partial charge in [-0.25, -0.2) is 0 Å². The fourth-order valence-corrected chi connectivity index (χ4v) is 5.81. The van der Waals surface area contributed by atoms with Crippen LogP contribution in [-0.4, -0.2) is 22.7 Å². The lowest BCUT2D eigenvalue weighted by Crippen LogP contribution is -2.55. The average Bonchev–Trinajstić information content (AvgIpc) is 2.70. The van der Waals surface area contributed by atoms with E-state index in [2.05, 4.69) is 21.7 Å². The third-order valence-corrected chi connectivity index (χ3v) is 6.07. The van der Waals surface area contributed by atoms with E-state index in [1.807, 2.05) is 6.08 Å². The van der Waals surface area contributed by atoms with Crippen LogP contribution < -0.4 is 0 Å². The van der Waals surface area contributed by atoms with Crippen LogP contribution >= 0.6 is 12.2 Å². The Balaban J connectivity index is 1.66. The SMILES string of the molecule is C=CCN1C(=S)N=NC1C12CC3CC(CC(C3)C1)C2. The smallest absolute Gasteiger partial charge is 0.218 e. The van der Waals surface area contributed by atoms with Crippen LogP contribution in [0.3, 0.4) is 0 Å². The third kappa shape index (κ3) is 1.72. The van der Waals surface area contributed by atoms with E-state index in [1.54, 1.807) is 0 Å². The Morgan fingerprint density at radius 3 is 2.32 bits per heavy atom. The Labute approximate surface area is 120 Å². The maximum Gasteiger partial charge on any atom is 0.218 e. The minimum absolute atomic E-state index is 0.200. The zero-order chi connectivity index (χ0) is 13.0. The van der Waals surface area contributed by atoms with E-state index in [1.165, 1.54) is 38.5 Å². The number of azo groups is 1. The molecule has 4 fully saturated rings. The number of thiocarbonyl (C=S) groups is 1. The molecule has 3 nitrogen and oxygen atoms in total. The summed E-state index contributed by atoms with van der Waals surface area (Å²) < 4.78 is 0. The van der Waals surface area contributed by atoms with Gasteiger partial charge >= 0.3 is 0 Å². The van der Waals surface area contributed by atoms with Gasteiger partial charge in [0.15, 0.2) is 0 Å². The van der Waals surface area contributed by atoms with Crippen molar-refractivity contribution in [2.45, 2.75) is 44.7 Å². The molecule has 0 aromatic heterocycles. The van der Waals surface area contributed by atoms with Gasteiger partial charge in [0.25, 0.3) is 0 Å². The van der Waals surface area contributed by atoms with Crippen LogP contribution in [0, 0.1) is 23.2 Å². The first-order valence-corrected chi connectivity index (χ1v) is 7.93. The van der Waals surface area contributed by atoms with Gasteiger partial charge in [0.1, 0.15) is 6.17 Å². The van der Waals surface area contributed by atoms with Gasteiger partial charge in [0.2, 0.25) is 5.11 Å². The van der Waals surface area contributed by atoms with E-state index in [-0.39, 0.29) is 6.17 Å². The predicted octanol–water partition coefficient (Wildman–Crippen LogP) is 3.77. The molecule has 19 heavy (non-hydrogen) atoms. The van der Waals surface area contributed by atoms with Crippen LogP contribution in [0.2, 0.25) is 0 Å². The summed E-state index contributed by atoms with van der Waals surface area (Å²) in [6, 6.07) is 0. The summed E-state index contributed by atoms with van der Waals surface area (Å²) in [7, 11) is 0. The highest BCUT2D eigenvalue weighted by Gasteiger charge is 2.57. The fourth-order valence-electron chi connectivity index (χ4n) is 5.59. The van der Waals surface area contributed by atoms with E-state index in [0.29, 0.717) is 10.5 Å². The molecule has 1 atom stereocenters. The van der Waals surface area contributed by atoms with Gasteiger partial charge < -0.3 is 4.90 Å². The van der Waals surface area contributed by atoms with Crippen molar-refractivity contribution in [3.8, 4) is 0 Å². The standard InChI is InChI=1S/C15H21N3S/c1-2-3-18-13(16-17-14(18)19)15-7-10-4-11(8-15)6-12(5-10)9-15/h2,10-13H,1,3-9H2. The van der Waals surface area contributed by atoms with Crippen LogP contribution in [0.25, 0.3) is 0 Å². The second kappa shape index (κ2) is 4.11. The number of hydrogen-bond acceptors (Lipinski definition) is 2. The highest BCUT2D eigenvalue weighted by Crippen LogP contribution is 2.62. The Bertz CT molecular complexity index is 421. The van der Waals surface area contributed by atoms with E-state index in [9.17, 15) is 0 Å². The maximum absolute atomic E-state index is 5.36. The monoisotopic (exact) mass is 275 g/mol. The first-order valence-electron chi connectivity index (χ1n) is 7.52. The van der Waals surface area contributed by atoms with Crippen molar-refractivity contribution in [2.24, 2.45) is 33.4 Å². The molecule has 1 aliphatic heterocycles. The van der Waals surface area contributed by atoms with E-state index in [0.717, 1.165) is 24.3 Å². The van der Waals surface area contributed by atoms with Crippen LogP contribution in [-0.2, 0) is 0 Å². The van der Waals surface area contributed by atoms with Crippen LogP contribution in [0.1, 0.15) is 38.5 Å². The zero-order valence-corrected chi connectivity index (χ0v) is 12.1. The summed E-state index contributed by atoms with van der Waals surface area (Å²) >= 11 is 5.36. The molecule has 0 spiro atoms. The molecular weight excluding hydrogens is 254 g/mol. The quantitative estimate of drug-likeness (QED) is 0.579. The van der Waals surface area contributed by atoms with Crippen LogP contribution in [0.15, 0.2) is 22.9 Å². The average molecular weight is 275 g/mol. The first kappa shape index (κ1) is 12.0. The van der Waals surface area contributed by atoms with E-state index >= 15 is 0 Å². The second-order valence-electron chi connectivity index (χ2n) is 7.09. The molecular formula is C15H21N3S. The van der Waals surface area contributed by atoms with Crippen molar-refractivity contribution in [3.05, 3.63) is 12.7 Å². The van der Waals surface area contributed by atoms with Crippen LogP contribution in [0.5, 0.6) is 0 Å². The van der Waals surface area contributed by atoms with Gasteiger partial charge in [-0.3, -0.25) is 0 Å². The molecule has 4 aliphatic carbocycles. The molecule has 4 heteroatoms. The topological polar surface area (TPSA) is 28.0 Å². The van der Waals surface area contributed by atoms with Crippen molar-refractivity contribution < 1.29 is 0 Å². The highest BCUT2D eigenvalue weighted by molar-refractivity contribution is 7.80. The number of hydrogen-bond donors (Lipinski definition) is 0. The number of rotatable bonds is 3. The summed E-state index contributed by atoms with van der Waals surface area (Å²) in [4.78, 5) is 2.20. The molecule has 102 valence electrons. The Morgan fingerprint density at radius 1 is 1.21 bits per heavy atom. The molecule has 4 saturated carbocycles. The fraction of sp³-hybridized carbons (Fsp3) is 0.800. The van der Waals surface area contributed by atoms with Gasteiger partial charge in [-0.2, -0.15) is 5.11 Å². The summed E-state index contributed by atoms with van der Waals surface area (Å²) in [6.45, 7) is 4.64. The highest BCUT2D eigenvalue weighted by atomic mass is 32.1. The van der Waals surface area contributed by atoms with Crippen molar-refractivity contribution in [2.75, 3.05) is 6.54 Å². The van der Waals surface area contributed by atoms with Crippen LogP contribution in [0.4, 0.5) is 0 Å². The molecule has 0 aromatic rings.